The molecule has 0 radical (unpaired) electrons. The van der Waals surface area contributed by atoms with Crippen LogP contribution in [0.4, 0.5) is 0 Å². The number of hydrogen-bond donors (Lipinski definition) is 0. The van der Waals surface area contributed by atoms with Gasteiger partial charge in [0.05, 0.1) is 0 Å². The molecular weight excluding hydrogens is 324 g/mol. The second kappa shape index (κ2) is 5.59. The first-order valence-corrected chi connectivity index (χ1v) is 10.6. The molecule has 7 unspecified atom stereocenters. The Kier molecular flexibility index (Phi) is 3.62. The molecular formula is C22H32N2O2. The first-order chi connectivity index (χ1) is 12.3. The SMILES string of the molecule is CC(C)(C)C(=O)N1CCN(C(=O)C2CC3CC2C2C4C=CC(C4)C32)CC1. The lowest BCUT2D eigenvalue weighted by atomic mass is 9.69. The summed E-state index contributed by atoms with van der Waals surface area (Å²) < 4.78 is 0. The molecule has 0 aromatic heterocycles. The van der Waals surface area contributed by atoms with E-state index in [0.29, 0.717) is 38.0 Å². The first kappa shape index (κ1) is 16.8. The Hall–Kier alpha value is -1.32. The van der Waals surface area contributed by atoms with Gasteiger partial charge in [0.2, 0.25) is 11.8 Å². The van der Waals surface area contributed by atoms with Crippen molar-refractivity contribution in [3.63, 3.8) is 0 Å². The predicted molar refractivity (Wildman–Crippen MR) is 100 cm³/mol. The molecule has 26 heavy (non-hydrogen) atoms. The molecule has 4 bridgehead atoms. The zero-order valence-electron chi connectivity index (χ0n) is 16.4. The fourth-order valence-electron chi connectivity index (χ4n) is 7.14. The van der Waals surface area contributed by atoms with E-state index in [2.05, 4.69) is 17.1 Å². The number of piperazine rings is 1. The second-order valence-electron chi connectivity index (χ2n) is 10.5. The van der Waals surface area contributed by atoms with Gasteiger partial charge in [-0.15, -0.1) is 0 Å². The van der Waals surface area contributed by atoms with E-state index >= 15 is 0 Å². The lowest BCUT2D eigenvalue weighted by Gasteiger charge is -2.41. The van der Waals surface area contributed by atoms with Gasteiger partial charge in [-0.05, 0) is 54.8 Å². The van der Waals surface area contributed by atoms with Crippen LogP contribution in [0.3, 0.4) is 0 Å². The van der Waals surface area contributed by atoms with Crippen LogP contribution in [0.15, 0.2) is 12.2 Å². The Balaban J connectivity index is 1.23. The molecule has 1 aliphatic heterocycles. The monoisotopic (exact) mass is 356 g/mol. The molecule has 4 aliphatic carbocycles. The lowest BCUT2D eigenvalue weighted by molar-refractivity contribution is -0.147. The van der Waals surface area contributed by atoms with Crippen LogP contribution in [0, 0.1) is 46.8 Å². The van der Waals surface area contributed by atoms with Crippen LogP contribution in [0.25, 0.3) is 0 Å². The van der Waals surface area contributed by atoms with Gasteiger partial charge < -0.3 is 9.80 Å². The first-order valence-electron chi connectivity index (χ1n) is 10.6. The third-order valence-electron chi connectivity index (χ3n) is 8.11. The van der Waals surface area contributed by atoms with Crippen molar-refractivity contribution in [3.8, 4) is 0 Å². The molecule has 1 heterocycles. The topological polar surface area (TPSA) is 40.6 Å². The highest BCUT2D eigenvalue weighted by molar-refractivity contribution is 5.83. The fourth-order valence-corrected chi connectivity index (χ4v) is 7.14. The van der Waals surface area contributed by atoms with Gasteiger partial charge in [0, 0.05) is 37.5 Å². The Morgan fingerprint density at radius 1 is 0.846 bits per heavy atom. The van der Waals surface area contributed by atoms with E-state index in [1.54, 1.807) is 0 Å². The van der Waals surface area contributed by atoms with Crippen molar-refractivity contribution < 1.29 is 9.59 Å². The molecule has 3 saturated carbocycles. The maximum absolute atomic E-state index is 13.3. The van der Waals surface area contributed by atoms with Crippen molar-refractivity contribution >= 4 is 11.8 Å². The molecule has 2 amide bonds. The van der Waals surface area contributed by atoms with Crippen molar-refractivity contribution in [2.45, 2.75) is 40.0 Å². The zero-order valence-corrected chi connectivity index (χ0v) is 16.4. The Morgan fingerprint density at radius 2 is 1.46 bits per heavy atom. The molecule has 4 heteroatoms. The summed E-state index contributed by atoms with van der Waals surface area (Å²) in [6.07, 6.45) is 8.70. The quantitative estimate of drug-likeness (QED) is 0.535. The second-order valence-corrected chi connectivity index (χ2v) is 10.5. The van der Waals surface area contributed by atoms with E-state index in [1.807, 2.05) is 25.7 Å². The van der Waals surface area contributed by atoms with E-state index in [9.17, 15) is 9.59 Å². The molecule has 0 spiro atoms. The number of allylic oxidation sites excluding steroid dienone is 2. The Morgan fingerprint density at radius 3 is 2.12 bits per heavy atom. The third-order valence-corrected chi connectivity index (χ3v) is 8.11. The highest BCUT2D eigenvalue weighted by Crippen LogP contribution is 2.67. The Bertz CT molecular complexity index is 656. The molecule has 1 saturated heterocycles. The summed E-state index contributed by atoms with van der Waals surface area (Å²) in [6.45, 7) is 8.75. The van der Waals surface area contributed by atoms with Gasteiger partial charge in [0.25, 0.3) is 0 Å². The zero-order chi connectivity index (χ0) is 18.2. The number of carbonyl (C=O) groups is 2. The van der Waals surface area contributed by atoms with Crippen LogP contribution in [0.1, 0.15) is 40.0 Å². The molecule has 0 aromatic carbocycles. The van der Waals surface area contributed by atoms with E-state index in [4.69, 9.17) is 0 Å². The summed E-state index contributed by atoms with van der Waals surface area (Å²) >= 11 is 0. The van der Waals surface area contributed by atoms with Crippen molar-refractivity contribution in [2.75, 3.05) is 26.2 Å². The third kappa shape index (κ3) is 2.33. The maximum atomic E-state index is 13.3. The average Bonchev–Trinajstić information content (AvgIpc) is 3.37. The maximum Gasteiger partial charge on any atom is 0.228 e. The highest BCUT2D eigenvalue weighted by atomic mass is 16.2. The van der Waals surface area contributed by atoms with E-state index in [-0.39, 0.29) is 17.2 Å². The summed E-state index contributed by atoms with van der Waals surface area (Å²) in [7, 11) is 0. The molecule has 0 N–H and O–H groups in total. The van der Waals surface area contributed by atoms with Crippen molar-refractivity contribution in [1.29, 1.82) is 0 Å². The van der Waals surface area contributed by atoms with Crippen molar-refractivity contribution in [2.24, 2.45) is 46.8 Å². The summed E-state index contributed by atoms with van der Waals surface area (Å²) in [5.74, 6) is 5.56. The normalized spacial score (nSPS) is 43.3. The molecule has 0 aromatic rings. The van der Waals surface area contributed by atoms with Crippen LogP contribution in [0.5, 0.6) is 0 Å². The number of hydrogen-bond acceptors (Lipinski definition) is 2. The average molecular weight is 357 g/mol. The minimum Gasteiger partial charge on any atom is -0.339 e. The molecule has 7 atom stereocenters. The summed E-state index contributed by atoms with van der Waals surface area (Å²) in [5.41, 5.74) is -0.332. The number of amides is 2. The number of nitrogens with zero attached hydrogens (tertiary/aromatic N) is 2. The van der Waals surface area contributed by atoms with E-state index < -0.39 is 0 Å². The van der Waals surface area contributed by atoms with Crippen LogP contribution in [-0.4, -0.2) is 47.8 Å². The fraction of sp³-hybridized carbons (Fsp3) is 0.818. The van der Waals surface area contributed by atoms with Crippen LogP contribution in [-0.2, 0) is 9.59 Å². The van der Waals surface area contributed by atoms with Crippen LogP contribution < -0.4 is 0 Å². The molecule has 4 fully saturated rings. The highest BCUT2D eigenvalue weighted by Gasteiger charge is 2.62. The molecule has 5 aliphatic rings. The van der Waals surface area contributed by atoms with E-state index in [0.717, 1.165) is 36.0 Å². The van der Waals surface area contributed by atoms with Crippen molar-refractivity contribution in [3.05, 3.63) is 12.2 Å². The van der Waals surface area contributed by atoms with Gasteiger partial charge >= 0.3 is 0 Å². The minimum atomic E-state index is -0.332. The lowest BCUT2D eigenvalue weighted by Crippen LogP contribution is -2.54. The van der Waals surface area contributed by atoms with Gasteiger partial charge in [0.15, 0.2) is 0 Å². The standard InChI is InChI=1S/C22H32N2O2/c1-22(2,3)21(26)24-8-6-23(7-9-24)20(25)17-12-15-11-16(17)19-14-5-4-13(10-14)18(15)19/h4-5,13-19H,6-12H2,1-3H3. The van der Waals surface area contributed by atoms with Gasteiger partial charge in [-0.25, -0.2) is 0 Å². The van der Waals surface area contributed by atoms with Crippen molar-refractivity contribution in [1.82, 2.24) is 9.80 Å². The Labute approximate surface area is 157 Å². The number of rotatable bonds is 1. The summed E-state index contributed by atoms with van der Waals surface area (Å²) in [4.78, 5) is 29.7. The van der Waals surface area contributed by atoms with Gasteiger partial charge in [-0.3, -0.25) is 9.59 Å². The smallest absolute Gasteiger partial charge is 0.228 e. The predicted octanol–water partition coefficient (Wildman–Crippen LogP) is 2.80. The number of fused-ring (bicyclic) bond motifs is 9. The van der Waals surface area contributed by atoms with Crippen LogP contribution >= 0.6 is 0 Å². The minimum absolute atomic E-state index is 0.209. The van der Waals surface area contributed by atoms with Gasteiger partial charge in [0.1, 0.15) is 0 Å². The summed E-state index contributed by atoms with van der Waals surface area (Å²) in [5, 5.41) is 0. The van der Waals surface area contributed by atoms with E-state index in [1.165, 1.54) is 12.8 Å². The number of carbonyl (C=O) groups excluding carboxylic acids is 2. The van der Waals surface area contributed by atoms with Gasteiger partial charge in [-0.1, -0.05) is 32.9 Å². The van der Waals surface area contributed by atoms with Gasteiger partial charge in [-0.2, -0.15) is 0 Å². The molecule has 4 nitrogen and oxygen atoms in total. The molecule has 142 valence electrons. The largest absolute Gasteiger partial charge is 0.339 e. The molecule has 5 rings (SSSR count). The summed E-state index contributed by atoms with van der Waals surface area (Å²) in [6, 6.07) is 0. The van der Waals surface area contributed by atoms with Crippen LogP contribution in [0.2, 0.25) is 0 Å².